The highest BCUT2D eigenvalue weighted by molar-refractivity contribution is 5.54. The quantitative estimate of drug-likeness (QED) is 0.682. The molecule has 2 N–H and O–H groups in total. The lowest BCUT2D eigenvalue weighted by atomic mass is 10.1. The van der Waals surface area contributed by atoms with Crippen LogP contribution in [-0.2, 0) is 12.8 Å². The van der Waals surface area contributed by atoms with E-state index in [1.807, 2.05) is 12.3 Å². The second-order valence-corrected chi connectivity index (χ2v) is 4.39. The van der Waals surface area contributed by atoms with Gasteiger partial charge in [-0.25, -0.2) is 4.98 Å². The average molecular weight is 213 g/mol. The van der Waals surface area contributed by atoms with Crippen LogP contribution in [0.5, 0.6) is 0 Å². The first kappa shape index (κ1) is 9.46. The van der Waals surface area contributed by atoms with Crippen LogP contribution >= 0.6 is 0 Å². The van der Waals surface area contributed by atoms with Crippen molar-refractivity contribution in [2.24, 2.45) is 0 Å². The van der Waals surface area contributed by atoms with E-state index in [9.17, 15) is 0 Å². The van der Waals surface area contributed by atoms with E-state index in [-0.39, 0.29) is 0 Å². The molecule has 0 saturated carbocycles. The summed E-state index contributed by atoms with van der Waals surface area (Å²) in [6, 6.07) is 6.17. The van der Waals surface area contributed by atoms with Crippen molar-refractivity contribution in [3.05, 3.63) is 41.5 Å². The van der Waals surface area contributed by atoms with E-state index in [0.29, 0.717) is 0 Å². The lowest BCUT2D eigenvalue weighted by Crippen LogP contribution is -2.03. The number of anilines is 1. The van der Waals surface area contributed by atoms with Gasteiger partial charge in [-0.2, -0.15) is 0 Å². The van der Waals surface area contributed by atoms with Gasteiger partial charge in [0, 0.05) is 24.0 Å². The Morgan fingerprint density at radius 1 is 1.31 bits per heavy atom. The summed E-state index contributed by atoms with van der Waals surface area (Å²) in [5.41, 5.74) is 10.5. The summed E-state index contributed by atoms with van der Waals surface area (Å²) in [7, 11) is 0. The zero-order valence-electron chi connectivity index (χ0n) is 9.40. The Morgan fingerprint density at radius 2 is 2.19 bits per heavy atom. The number of benzene rings is 1. The number of nitrogens with zero attached hydrogens (tertiary/aromatic N) is 2. The average Bonchev–Trinajstić information content (AvgIpc) is 2.53. The fourth-order valence-electron chi connectivity index (χ4n) is 2.43. The molecule has 2 heterocycles. The SMILES string of the molecule is Cc1cnc2n1-c1cc(N)ccc1CCC2. The maximum Gasteiger partial charge on any atom is 0.113 e. The number of nitrogens with two attached hydrogens (primary N) is 1. The summed E-state index contributed by atoms with van der Waals surface area (Å²) in [4.78, 5) is 4.47. The summed E-state index contributed by atoms with van der Waals surface area (Å²) in [5.74, 6) is 1.15. The number of nitrogen functional groups attached to an aromatic ring is 1. The van der Waals surface area contributed by atoms with Crippen LogP contribution in [0.15, 0.2) is 24.4 Å². The monoisotopic (exact) mass is 213 g/mol. The highest BCUT2D eigenvalue weighted by Crippen LogP contribution is 2.26. The van der Waals surface area contributed by atoms with Crippen molar-refractivity contribution in [2.45, 2.75) is 26.2 Å². The van der Waals surface area contributed by atoms with Crippen LogP contribution in [0.4, 0.5) is 5.69 Å². The van der Waals surface area contributed by atoms with E-state index < -0.39 is 0 Å². The standard InChI is InChI=1S/C13H15N3/c1-9-8-15-13-4-2-3-10-5-6-11(14)7-12(10)16(9)13/h5-8H,2-4,14H2,1H3. The molecule has 82 valence electrons. The van der Waals surface area contributed by atoms with E-state index in [2.05, 4.69) is 28.6 Å². The molecule has 1 aromatic carbocycles. The van der Waals surface area contributed by atoms with Crippen molar-refractivity contribution in [1.82, 2.24) is 9.55 Å². The van der Waals surface area contributed by atoms with Gasteiger partial charge in [-0.05, 0) is 37.5 Å². The largest absolute Gasteiger partial charge is 0.399 e. The van der Waals surface area contributed by atoms with Crippen LogP contribution in [0.1, 0.15) is 23.5 Å². The number of rotatable bonds is 0. The van der Waals surface area contributed by atoms with E-state index >= 15 is 0 Å². The number of hydrogen-bond donors (Lipinski definition) is 1. The first-order valence-electron chi connectivity index (χ1n) is 5.68. The number of aryl methyl sites for hydroxylation is 3. The molecule has 3 nitrogen and oxygen atoms in total. The van der Waals surface area contributed by atoms with Gasteiger partial charge >= 0.3 is 0 Å². The van der Waals surface area contributed by atoms with Crippen LogP contribution < -0.4 is 5.73 Å². The Balaban J connectivity index is 2.30. The minimum absolute atomic E-state index is 0.819. The van der Waals surface area contributed by atoms with Gasteiger partial charge in [0.05, 0.1) is 5.69 Å². The number of fused-ring (bicyclic) bond motifs is 3. The van der Waals surface area contributed by atoms with E-state index in [0.717, 1.165) is 30.8 Å². The van der Waals surface area contributed by atoms with Gasteiger partial charge < -0.3 is 10.3 Å². The molecule has 0 atom stereocenters. The van der Waals surface area contributed by atoms with Gasteiger partial charge in [-0.3, -0.25) is 0 Å². The van der Waals surface area contributed by atoms with Crippen molar-refractivity contribution < 1.29 is 0 Å². The Labute approximate surface area is 94.9 Å². The van der Waals surface area contributed by atoms with Crippen molar-refractivity contribution in [2.75, 3.05) is 5.73 Å². The molecule has 0 radical (unpaired) electrons. The number of aromatic nitrogens is 2. The third-order valence-corrected chi connectivity index (χ3v) is 3.21. The highest BCUT2D eigenvalue weighted by Gasteiger charge is 2.16. The molecule has 1 aromatic heterocycles. The molecular formula is C13H15N3. The Bertz CT molecular complexity index is 540. The Morgan fingerprint density at radius 3 is 3.06 bits per heavy atom. The summed E-state index contributed by atoms with van der Waals surface area (Å²) in [5, 5.41) is 0. The third kappa shape index (κ3) is 1.32. The minimum Gasteiger partial charge on any atom is -0.399 e. The van der Waals surface area contributed by atoms with Crippen molar-refractivity contribution in [3.63, 3.8) is 0 Å². The molecule has 2 aromatic rings. The van der Waals surface area contributed by atoms with Gasteiger partial charge in [-0.1, -0.05) is 6.07 Å². The van der Waals surface area contributed by atoms with E-state index in [4.69, 9.17) is 5.73 Å². The predicted octanol–water partition coefficient (Wildman–Crippen LogP) is 2.25. The lowest BCUT2D eigenvalue weighted by molar-refractivity contribution is 0.787. The zero-order chi connectivity index (χ0) is 11.1. The Hall–Kier alpha value is -1.77. The first-order valence-corrected chi connectivity index (χ1v) is 5.68. The fraction of sp³-hybridized carbons (Fsp3) is 0.308. The molecule has 1 aliphatic rings. The molecule has 0 spiro atoms. The van der Waals surface area contributed by atoms with Gasteiger partial charge in [0.1, 0.15) is 5.82 Å². The van der Waals surface area contributed by atoms with Crippen molar-refractivity contribution in [1.29, 1.82) is 0 Å². The zero-order valence-corrected chi connectivity index (χ0v) is 9.40. The maximum atomic E-state index is 5.88. The molecule has 0 fully saturated rings. The molecule has 0 bridgehead atoms. The first-order chi connectivity index (χ1) is 7.75. The van der Waals surface area contributed by atoms with Crippen molar-refractivity contribution in [3.8, 4) is 5.69 Å². The van der Waals surface area contributed by atoms with Crippen LogP contribution in [0.2, 0.25) is 0 Å². The molecule has 16 heavy (non-hydrogen) atoms. The minimum atomic E-state index is 0.819. The molecule has 0 saturated heterocycles. The number of hydrogen-bond acceptors (Lipinski definition) is 2. The summed E-state index contributed by atoms with van der Waals surface area (Å²) >= 11 is 0. The smallest absolute Gasteiger partial charge is 0.113 e. The topological polar surface area (TPSA) is 43.8 Å². The van der Waals surface area contributed by atoms with Crippen molar-refractivity contribution >= 4 is 5.69 Å². The van der Waals surface area contributed by atoms with E-state index in [1.165, 1.54) is 16.9 Å². The van der Waals surface area contributed by atoms with Crippen LogP contribution in [0.25, 0.3) is 5.69 Å². The predicted molar refractivity (Wildman–Crippen MR) is 64.7 cm³/mol. The Kier molecular flexibility index (Phi) is 1.99. The second-order valence-electron chi connectivity index (χ2n) is 4.39. The number of imidazole rings is 1. The van der Waals surface area contributed by atoms with Gasteiger partial charge in [0.25, 0.3) is 0 Å². The summed E-state index contributed by atoms with van der Waals surface area (Å²) in [6.45, 7) is 2.09. The maximum absolute atomic E-state index is 5.88. The summed E-state index contributed by atoms with van der Waals surface area (Å²) < 4.78 is 2.23. The molecule has 0 amide bonds. The van der Waals surface area contributed by atoms with Crippen LogP contribution in [0, 0.1) is 6.92 Å². The second kappa shape index (κ2) is 3.37. The molecular weight excluding hydrogens is 198 g/mol. The van der Waals surface area contributed by atoms with Crippen LogP contribution in [-0.4, -0.2) is 9.55 Å². The van der Waals surface area contributed by atoms with Gasteiger partial charge in [0.15, 0.2) is 0 Å². The molecule has 3 heteroatoms. The van der Waals surface area contributed by atoms with Gasteiger partial charge in [0.2, 0.25) is 0 Å². The lowest BCUT2D eigenvalue weighted by Gasteiger charge is -2.11. The van der Waals surface area contributed by atoms with E-state index in [1.54, 1.807) is 0 Å². The normalized spacial score (nSPS) is 14.1. The molecule has 1 aliphatic heterocycles. The molecule has 3 rings (SSSR count). The molecule has 0 unspecified atom stereocenters. The highest BCUT2D eigenvalue weighted by atomic mass is 15.1. The summed E-state index contributed by atoms with van der Waals surface area (Å²) in [6.07, 6.45) is 5.25. The fourth-order valence-corrected chi connectivity index (χ4v) is 2.43. The van der Waals surface area contributed by atoms with Gasteiger partial charge in [-0.15, -0.1) is 0 Å². The van der Waals surface area contributed by atoms with Crippen LogP contribution in [0.3, 0.4) is 0 Å². The third-order valence-electron chi connectivity index (χ3n) is 3.21. The molecule has 0 aliphatic carbocycles.